The lowest BCUT2D eigenvalue weighted by atomic mass is 10.2. The predicted octanol–water partition coefficient (Wildman–Crippen LogP) is -1.17. The van der Waals surface area contributed by atoms with Gasteiger partial charge in [-0.05, 0) is 5.92 Å². The van der Waals surface area contributed by atoms with Crippen LogP contribution in [0.1, 0.15) is 13.8 Å². The number of nitrogens with one attached hydrogen (secondary N) is 2. The van der Waals surface area contributed by atoms with Gasteiger partial charge in [0.1, 0.15) is 0 Å². The van der Waals surface area contributed by atoms with E-state index in [1.807, 2.05) is 13.8 Å². The van der Waals surface area contributed by atoms with E-state index >= 15 is 0 Å². The summed E-state index contributed by atoms with van der Waals surface area (Å²) in [5.41, 5.74) is 5.15. The summed E-state index contributed by atoms with van der Waals surface area (Å²) < 4.78 is 0. The van der Waals surface area contributed by atoms with Crippen molar-refractivity contribution in [1.29, 1.82) is 0 Å². The number of rotatable bonds is 4. The van der Waals surface area contributed by atoms with Crippen LogP contribution < -0.4 is 16.4 Å². The number of hydrogen-bond donors (Lipinski definition) is 3. The SMILES string of the molecule is CC(C)CNC(=O)C(=O)NCCN. The van der Waals surface area contributed by atoms with Crippen molar-refractivity contribution >= 4 is 11.8 Å². The highest BCUT2D eigenvalue weighted by molar-refractivity contribution is 6.35. The molecule has 0 rings (SSSR count). The van der Waals surface area contributed by atoms with E-state index in [1.54, 1.807) is 0 Å². The van der Waals surface area contributed by atoms with Crippen molar-refractivity contribution in [2.45, 2.75) is 13.8 Å². The molecule has 0 aliphatic rings. The topological polar surface area (TPSA) is 84.2 Å². The average molecular weight is 187 g/mol. The molecule has 0 unspecified atom stereocenters. The van der Waals surface area contributed by atoms with E-state index < -0.39 is 11.8 Å². The normalized spacial score (nSPS) is 9.85. The molecule has 2 amide bonds. The summed E-state index contributed by atoms with van der Waals surface area (Å²) in [4.78, 5) is 21.9. The van der Waals surface area contributed by atoms with Gasteiger partial charge in [-0.2, -0.15) is 0 Å². The second-order valence-electron chi connectivity index (χ2n) is 3.15. The maximum absolute atomic E-state index is 11.0. The fraction of sp³-hybridized carbons (Fsp3) is 0.750. The molecule has 0 saturated heterocycles. The molecule has 0 saturated carbocycles. The zero-order valence-corrected chi connectivity index (χ0v) is 8.09. The Labute approximate surface area is 78.1 Å². The van der Waals surface area contributed by atoms with E-state index in [4.69, 9.17) is 5.73 Å². The highest BCUT2D eigenvalue weighted by Crippen LogP contribution is 1.86. The van der Waals surface area contributed by atoms with Crippen LogP contribution in [0, 0.1) is 5.92 Å². The van der Waals surface area contributed by atoms with Crippen molar-refractivity contribution in [2.75, 3.05) is 19.6 Å². The molecular formula is C8H17N3O2. The van der Waals surface area contributed by atoms with Crippen molar-refractivity contribution in [2.24, 2.45) is 11.7 Å². The third-order valence-electron chi connectivity index (χ3n) is 1.31. The van der Waals surface area contributed by atoms with E-state index in [-0.39, 0.29) is 0 Å². The van der Waals surface area contributed by atoms with Crippen LogP contribution in [0.25, 0.3) is 0 Å². The Morgan fingerprint density at radius 3 is 2.23 bits per heavy atom. The summed E-state index contributed by atoms with van der Waals surface area (Å²) in [6, 6.07) is 0. The molecule has 0 atom stereocenters. The van der Waals surface area contributed by atoms with Crippen molar-refractivity contribution in [3.63, 3.8) is 0 Å². The summed E-state index contributed by atoms with van der Waals surface area (Å²) in [5.74, 6) is -0.875. The smallest absolute Gasteiger partial charge is 0.309 e. The van der Waals surface area contributed by atoms with Crippen LogP contribution in [0.2, 0.25) is 0 Å². The molecule has 0 aromatic heterocycles. The summed E-state index contributed by atoms with van der Waals surface area (Å²) in [6.45, 7) is 5.09. The Hall–Kier alpha value is -1.10. The molecule has 0 aliphatic carbocycles. The molecule has 0 aliphatic heterocycles. The zero-order valence-electron chi connectivity index (χ0n) is 8.09. The Balaban J connectivity index is 3.64. The highest BCUT2D eigenvalue weighted by Gasteiger charge is 2.11. The molecule has 0 aromatic rings. The van der Waals surface area contributed by atoms with Gasteiger partial charge in [0.05, 0.1) is 0 Å². The molecule has 5 heteroatoms. The largest absolute Gasteiger partial charge is 0.348 e. The van der Waals surface area contributed by atoms with E-state index in [2.05, 4.69) is 10.6 Å². The molecule has 76 valence electrons. The maximum Gasteiger partial charge on any atom is 0.309 e. The first-order chi connectivity index (χ1) is 6.07. The summed E-state index contributed by atoms with van der Waals surface area (Å²) >= 11 is 0. The van der Waals surface area contributed by atoms with Crippen LogP contribution in [0.5, 0.6) is 0 Å². The molecule has 4 N–H and O–H groups in total. The average Bonchev–Trinajstić information content (AvgIpc) is 2.10. The van der Waals surface area contributed by atoms with Crippen LogP contribution in [0.4, 0.5) is 0 Å². The van der Waals surface area contributed by atoms with Gasteiger partial charge >= 0.3 is 11.8 Å². The van der Waals surface area contributed by atoms with Gasteiger partial charge in [0, 0.05) is 19.6 Å². The summed E-state index contributed by atoms with van der Waals surface area (Å²) in [7, 11) is 0. The minimum absolute atomic E-state index is 0.327. The Morgan fingerprint density at radius 2 is 1.77 bits per heavy atom. The molecule has 0 heterocycles. The number of hydrogen-bond acceptors (Lipinski definition) is 3. The first kappa shape index (κ1) is 11.9. The van der Waals surface area contributed by atoms with Crippen molar-refractivity contribution in [3.8, 4) is 0 Å². The molecule has 5 nitrogen and oxygen atoms in total. The Morgan fingerprint density at radius 1 is 1.23 bits per heavy atom. The molecule has 0 aromatic carbocycles. The fourth-order valence-electron chi connectivity index (χ4n) is 0.643. The first-order valence-corrected chi connectivity index (χ1v) is 4.34. The first-order valence-electron chi connectivity index (χ1n) is 4.34. The second kappa shape index (κ2) is 6.42. The van der Waals surface area contributed by atoms with Crippen LogP contribution in [0.15, 0.2) is 0 Å². The number of amides is 2. The lowest BCUT2D eigenvalue weighted by molar-refractivity contribution is -0.139. The van der Waals surface area contributed by atoms with E-state index in [9.17, 15) is 9.59 Å². The van der Waals surface area contributed by atoms with E-state index in [1.165, 1.54) is 0 Å². The van der Waals surface area contributed by atoms with Gasteiger partial charge in [0.2, 0.25) is 0 Å². The van der Waals surface area contributed by atoms with E-state index in [0.29, 0.717) is 25.6 Å². The number of carbonyl (C=O) groups is 2. The minimum Gasteiger partial charge on any atom is -0.348 e. The molecular weight excluding hydrogens is 170 g/mol. The highest BCUT2D eigenvalue weighted by atomic mass is 16.2. The van der Waals surface area contributed by atoms with Gasteiger partial charge in [-0.15, -0.1) is 0 Å². The van der Waals surface area contributed by atoms with Crippen LogP contribution in [-0.4, -0.2) is 31.4 Å². The van der Waals surface area contributed by atoms with Crippen molar-refractivity contribution in [1.82, 2.24) is 10.6 Å². The third kappa shape index (κ3) is 6.10. The minimum atomic E-state index is -0.619. The molecule has 13 heavy (non-hydrogen) atoms. The molecule has 0 fully saturated rings. The summed E-state index contributed by atoms with van der Waals surface area (Å²) in [6.07, 6.45) is 0. The van der Waals surface area contributed by atoms with Gasteiger partial charge in [-0.1, -0.05) is 13.8 Å². The van der Waals surface area contributed by atoms with Crippen molar-refractivity contribution in [3.05, 3.63) is 0 Å². The standard InChI is InChI=1S/C8H17N3O2/c1-6(2)5-11-8(13)7(12)10-4-3-9/h6H,3-5,9H2,1-2H3,(H,10,12)(H,11,13). The lowest BCUT2D eigenvalue weighted by Crippen LogP contribution is -2.42. The summed E-state index contributed by atoms with van der Waals surface area (Å²) in [5, 5.41) is 4.88. The van der Waals surface area contributed by atoms with Gasteiger partial charge in [0.25, 0.3) is 0 Å². The number of carbonyl (C=O) groups excluding carboxylic acids is 2. The van der Waals surface area contributed by atoms with Gasteiger partial charge in [-0.3, -0.25) is 9.59 Å². The zero-order chi connectivity index (χ0) is 10.3. The Kier molecular flexibility index (Phi) is 5.88. The van der Waals surface area contributed by atoms with Crippen LogP contribution >= 0.6 is 0 Å². The van der Waals surface area contributed by atoms with E-state index in [0.717, 1.165) is 0 Å². The van der Waals surface area contributed by atoms with Gasteiger partial charge in [0.15, 0.2) is 0 Å². The monoisotopic (exact) mass is 187 g/mol. The molecule has 0 radical (unpaired) electrons. The predicted molar refractivity (Wildman–Crippen MR) is 49.9 cm³/mol. The van der Waals surface area contributed by atoms with Gasteiger partial charge < -0.3 is 16.4 Å². The maximum atomic E-state index is 11.0. The molecule has 0 bridgehead atoms. The quantitative estimate of drug-likeness (QED) is 0.485. The third-order valence-corrected chi connectivity index (χ3v) is 1.31. The second-order valence-corrected chi connectivity index (χ2v) is 3.15. The fourth-order valence-corrected chi connectivity index (χ4v) is 0.643. The van der Waals surface area contributed by atoms with Crippen LogP contribution in [-0.2, 0) is 9.59 Å². The van der Waals surface area contributed by atoms with Crippen molar-refractivity contribution < 1.29 is 9.59 Å². The number of nitrogens with two attached hydrogens (primary N) is 1. The van der Waals surface area contributed by atoms with Crippen LogP contribution in [0.3, 0.4) is 0 Å². The lowest BCUT2D eigenvalue weighted by Gasteiger charge is -2.07. The molecule has 0 spiro atoms. The van der Waals surface area contributed by atoms with Gasteiger partial charge in [-0.25, -0.2) is 0 Å². The Bertz CT molecular complexity index is 180.